The fourth-order valence-corrected chi connectivity index (χ4v) is 6.24. The molecule has 3 amide bonds. The molecule has 14 heteroatoms. The zero-order valence-corrected chi connectivity index (χ0v) is 23.9. The number of aromatic amines is 1. The summed E-state index contributed by atoms with van der Waals surface area (Å²) in [4.78, 5) is 46.7. The summed E-state index contributed by atoms with van der Waals surface area (Å²) in [7, 11) is 5.65. The number of thioether (sulfide) groups is 1. The van der Waals surface area contributed by atoms with Crippen LogP contribution in [0.2, 0.25) is 0 Å². The third kappa shape index (κ3) is 6.79. The quantitative estimate of drug-likeness (QED) is 0.287. The van der Waals surface area contributed by atoms with Gasteiger partial charge in [0, 0.05) is 61.4 Å². The number of fused-ring (bicyclic) bond motifs is 1. The first-order valence-electron chi connectivity index (χ1n) is 13.1. The summed E-state index contributed by atoms with van der Waals surface area (Å²) >= 11 is 1.04. The lowest BCUT2D eigenvalue weighted by Crippen LogP contribution is -2.36. The Kier molecular flexibility index (Phi) is 8.89. The van der Waals surface area contributed by atoms with Gasteiger partial charge in [-0.1, -0.05) is 11.8 Å². The third-order valence-corrected chi connectivity index (χ3v) is 8.49. The molecule has 1 aliphatic carbocycles. The average molecular weight is 592 g/mol. The van der Waals surface area contributed by atoms with Crippen molar-refractivity contribution in [1.82, 2.24) is 25.0 Å². The summed E-state index contributed by atoms with van der Waals surface area (Å²) in [6.07, 6.45) is -2.28. The minimum Gasteiger partial charge on any atom is -0.382 e. The fourth-order valence-electron chi connectivity index (χ4n) is 4.69. The molecule has 2 aromatic rings. The maximum atomic E-state index is 13.2. The zero-order valence-electron chi connectivity index (χ0n) is 23.1. The van der Waals surface area contributed by atoms with E-state index in [-0.39, 0.29) is 35.3 Å². The Morgan fingerprint density at radius 1 is 1.24 bits per heavy atom. The van der Waals surface area contributed by atoms with Gasteiger partial charge < -0.3 is 30.3 Å². The van der Waals surface area contributed by atoms with Crippen molar-refractivity contribution in [2.45, 2.75) is 30.8 Å². The summed E-state index contributed by atoms with van der Waals surface area (Å²) < 4.78 is 37.7. The van der Waals surface area contributed by atoms with Gasteiger partial charge in [-0.2, -0.15) is 18.4 Å². The van der Waals surface area contributed by atoms with Crippen molar-refractivity contribution in [3.63, 3.8) is 0 Å². The molecule has 41 heavy (non-hydrogen) atoms. The Balaban J connectivity index is 1.46. The Labute approximate surface area is 239 Å². The molecule has 1 saturated heterocycles. The smallest absolute Gasteiger partial charge is 0.382 e. The number of nitrogens with zero attached hydrogens (tertiary/aromatic N) is 4. The Morgan fingerprint density at radius 3 is 2.61 bits per heavy atom. The number of hydrogen-bond acceptors (Lipinski definition) is 7. The van der Waals surface area contributed by atoms with E-state index in [0.29, 0.717) is 18.5 Å². The summed E-state index contributed by atoms with van der Waals surface area (Å²) in [5.74, 6) is -1.66. The van der Waals surface area contributed by atoms with E-state index in [1.165, 1.54) is 4.90 Å². The third-order valence-electron chi connectivity index (χ3n) is 7.03. The number of alkyl halides is 3. The summed E-state index contributed by atoms with van der Waals surface area (Å²) in [6, 6.07) is 7.25. The first-order chi connectivity index (χ1) is 19.3. The molecule has 0 radical (unpaired) electrons. The van der Waals surface area contributed by atoms with Crippen LogP contribution in [0.5, 0.6) is 0 Å². The average Bonchev–Trinajstić information content (AvgIpc) is 3.40. The number of anilines is 1. The highest BCUT2D eigenvalue weighted by Gasteiger charge is 2.52. The fraction of sp³-hybridized carbons (Fsp3) is 0.481. The maximum absolute atomic E-state index is 13.2. The highest BCUT2D eigenvalue weighted by Crippen LogP contribution is 2.49. The van der Waals surface area contributed by atoms with Crippen LogP contribution in [0.15, 0.2) is 35.0 Å². The molecule has 10 nitrogen and oxygen atoms in total. The molecule has 1 aliphatic heterocycles. The molecule has 2 fully saturated rings. The van der Waals surface area contributed by atoms with Crippen LogP contribution in [0.25, 0.3) is 10.9 Å². The van der Waals surface area contributed by atoms with Crippen molar-refractivity contribution in [2.24, 2.45) is 5.92 Å². The van der Waals surface area contributed by atoms with Gasteiger partial charge in [-0.3, -0.25) is 14.4 Å². The van der Waals surface area contributed by atoms with Crippen molar-refractivity contribution in [1.29, 1.82) is 5.26 Å². The molecule has 220 valence electrons. The number of rotatable bonds is 10. The number of amides is 3. The molecule has 4 rings (SSSR count). The summed E-state index contributed by atoms with van der Waals surface area (Å²) in [5.41, 5.74) is 1.64. The van der Waals surface area contributed by atoms with E-state index in [1.54, 1.807) is 36.5 Å². The number of nitrogens with one attached hydrogen (secondary N) is 3. The van der Waals surface area contributed by atoms with E-state index < -0.39 is 29.5 Å². The summed E-state index contributed by atoms with van der Waals surface area (Å²) in [6.45, 7) is 1.59. The Bertz CT molecular complexity index is 1410. The van der Waals surface area contributed by atoms with E-state index in [1.807, 2.05) is 37.2 Å². The SMILES string of the molecule is CCN1C(=O)C([C@H]2CC2Nc2ccc3[nH]cc(C(=O)N(C)CCN(C)C)c3c2)S/C1=C(/C#N)C(=O)NCC(F)(F)F. The lowest BCUT2D eigenvalue weighted by atomic mass is 10.1. The van der Waals surface area contributed by atoms with E-state index >= 15 is 0 Å². The Hall–Kier alpha value is -3.70. The largest absolute Gasteiger partial charge is 0.405 e. The Morgan fingerprint density at radius 2 is 1.98 bits per heavy atom. The molecule has 3 atom stereocenters. The van der Waals surface area contributed by atoms with Crippen LogP contribution in [0, 0.1) is 17.2 Å². The molecule has 1 aromatic carbocycles. The highest BCUT2D eigenvalue weighted by atomic mass is 32.2. The molecular weight excluding hydrogens is 559 g/mol. The topological polar surface area (TPSA) is 125 Å². The lowest BCUT2D eigenvalue weighted by molar-refractivity contribution is -0.136. The predicted molar refractivity (Wildman–Crippen MR) is 150 cm³/mol. The van der Waals surface area contributed by atoms with Gasteiger partial charge in [0.05, 0.1) is 10.8 Å². The minimum absolute atomic E-state index is 0.0718. The predicted octanol–water partition coefficient (Wildman–Crippen LogP) is 2.98. The second-order valence-electron chi connectivity index (χ2n) is 10.4. The molecule has 2 aliphatic rings. The minimum atomic E-state index is -4.63. The number of H-pyrrole nitrogens is 1. The standard InChI is InChI=1S/C27H32F3N7O3S/c1-5-37-25(40)22(41-26(37)18(12-31)23(38)33-14-27(28,29)30)17-11-21(17)34-15-6-7-20-16(10-15)19(13-32-20)24(39)36(4)9-8-35(2)3/h6-7,10,13,17,21-22,32,34H,5,8-9,11,14H2,1-4H3,(H,33,38)/b26-18-/t17-,21?,22?/m0/s1. The normalized spacial score (nSPS) is 21.7. The second kappa shape index (κ2) is 12.0. The molecule has 2 unspecified atom stereocenters. The van der Waals surface area contributed by atoms with Crippen molar-refractivity contribution in [3.8, 4) is 6.07 Å². The van der Waals surface area contributed by atoms with Gasteiger partial charge in [0.15, 0.2) is 0 Å². The van der Waals surface area contributed by atoms with Gasteiger partial charge in [-0.15, -0.1) is 0 Å². The zero-order chi connectivity index (χ0) is 30.1. The van der Waals surface area contributed by atoms with Gasteiger partial charge in [0.1, 0.15) is 23.2 Å². The maximum Gasteiger partial charge on any atom is 0.405 e. The van der Waals surface area contributed by atoms with Gasteiger partial charge >= 0.3 is 6.18 Å². The highest BCUT2D eigenvalue weighted by molar-refractivity contribution is 8.04. The molecule has 1 aromatic heterocycles. The van der Waals surface area contributed by atoms with Crippen LogP contribution in [-0.4, -0.2) is 102 Å². The number of benzene rings is 1. The number of nitriles is 1. The van der Waals surface area contributed by atoms with Crippen LogP contribution in [-0.2, 0) is 9.59 Å². The lowest BCUT2D eigenvalue weighted by Gasteiger charge is -2.19. The number of aromatic nitrogens is 1. The van der Waals surface area contributed by atoms with Crippen molar-refractivity contribution in [3.05, 3.63) is 40.6 Å². The number of carbonyl (C=O) groups excluding carboxylic acids is 3. The van der Waals surface area contributed by atoms with E-state index in [2.05, 4.69) is 10.3 Å². The van der Waals surface area contributed by atoms with Crippen molar-refractivity contribution < 1.29 is 27.6 Å². The molecule has 0 bridgehead atoms. The van der Waals surface area contributed by atoms with E-state index in [9.17, 15) is 32.8 Å². The first kappa shape index (κ1) is 30.3. The van der Waals surface area contributed by atoms with Gasteiger partial charge in [-0.25, -0.2) is 0 Å². The molecular formula is C27H32F3N7O3S. The van der Waals surface area contributed by atoms with Gasteiger partial charge in [0.2, 0.25) is 5.91 Å². The van der Waals surface area contributed by atoms with Crippen LogP contribution in [0.1, 0.15) is 23.7 Å². The monoisotopic (exact) mass is 591 g/mol. The second-order valence-corrected chi connectivity index (χ2v) is 11.5. The van der Waals surface area contributed by atoms with Crippen LogP contribution < -0.4 is 10.6 Å². The van der Waals surface area contributed by atoms with Crippen molar-refractivity contribution in [2.75, 3.05) is 52.6 Å². The van der Waals surface area contributed by atoms with E-state index in [0.717, 1.165) is 34.9 Å². The van der Waals surface area contributed by atoms with Gasteiger partial charge in [-0.05, 0) is 45.6 Å². The first-order valence-corrected chi connectivity index (χ1v) is 14.0. The molecule has 0 spiro atoms. The van der Waals surface area contributed by atoms with Crippen LogP contribution >= 0.6 is 11.8 Å². The van der Waals surface area contributed by atoms with Crippen LogP contribution in [0.4, 0.5) is 18.9 Å². The van der Waals surface area contributed by atoms with Crippen molar-refractivity contribution >= 4 is 46.1 Å². The number of halogens is 3. The van der Waals surface area contributed by atoms with Crippen LogP contribution in [0.3, 0.4) is 0 Å². The number of hydrogen-bond donors (Lipinski definition) is 3. The molecule has 1 saturated carbocycles. The summed E-state index contributed by atoms with van der Waals surface area (Å²) in [5, 5.41) is 14.9. The molecule has 2 heterocycles. The van der Waals surface area contributed by atoms with Gasteiger partial charge in [0.25, 0.3) is 11.8 Å². The van der Waals surface area contributed by atoms with E-state index in [4.69, 9.17) is 0 Å². The number of likely N-dealkylation sites (N-methyl/N-ethyl adjacent to an activating group) is 2. The molecule has 3 N–H and O–H groups in total. The number of carbonyl (C=O) groups is 3.